The van der Waals surface area contributed by atoms with Crippen LogP contribution in [0.5, 0.6) is 0 Å². The number of amides is 2. The van der Waals surface area contributed by atoms with Crippen LogP contribution in [0, 0.1) is 0 Å². The van der Waals surface area contributed by atoms with Crippen LogP contribution < -0.4 is 5.32 Å². The smallest absolute Gasteiger partial charge is 0.341 e. The van der Waals surface area contributed by atoms with Crippen LogP contribution in [0.3, 0.4) is 0 Å². The fraction of sp³-hybridized carbons (Fsp3) is 0.350. The third-order valence-corrected chi connectivity index (χ3v) is 7.45. The maximum Gasteiger partial charge on any atom is 0.341 e. The predicted molar refractivity (Wildman–Crippen MR) is 120 cm³/mol. The lowest BCUT2D eigenvalue weighted by Gasteiger charge is -2.30. The summed E-state index contributed by atoms with van der Waals surface area (Å²) in [5.41, 5.74) is 1.87. The number of benzene rings is 1. The average Bonchev–Trinajstić information content (AvgIpc) is 3.22. The summed E-state index contributed by atoms with van der Waals surface area (Å²) in [4.78, 5) is 38.2. The summed E-state index contributed by atoms with van der Waals surface area (Å²) < 4.78 is 6.16. The van der Waals surface area contributed by atoms with Crippen molar-refractivity contribution in [3.63, 3.8) is 0 Å². The van der Waals surface area contributed by atoms with Crippen LogP contribution in [-0.2, 0) is 14.3 Å². The number of ether oxygens (including phenoxy) is 1. The zero-order valence-corrected chi connectivity index (χ0v) is 19.4. The normalized spacial score (nSPS) is 17.8. The second kappa shape index (κ2) is 8.89. The Hall–Kier alpha value is -1.84. The zero-order chi connectivity index (χ0) is 21.2. The van der Waals surface area contributed by atoms with Gasteiger partial charge in [0.25, 0.3) is 0 Å². The summed E-state index contributed by atoms with van der Waals surface area (Å²) in [5, 5.41) is 5.10. The molecule has 0 spiro atoms. The van der Waals surface area contributed by atoms with E-state index in [4.69, 9.17) is 4.74 Å². The Morgan fingerprint density at radius 2 is 2.03 bits per heavy atom. The zero-order valence-electron chi connectivity index (χ0n) is 16.2. The first-order valence-electron chi connectivity index (χ1n) is 9.01. The average molecular weight is 497 g/mol. The van der Waals surface area contributed by atoms with E-state index in [9.17, 15) is 14.4 Å². The van der Waals surface area contributed by atoms with E-state index in [0.717, 1.165) is 10.0 Å². The molecule has 1 saturated heterocycles. The van der Waals surface area contributed by atoms with Gasteiger partial charge in [-0.2, -0.15) is 0 Å². The maximum absolute atomic E-state index is 12.9. The highest BCUT2D eigenvalue weighted by Crippen LogP contribution is 2.40. The minimum absolute atomic E-state index is 0.230. The Bertz CT molecular complexity index is 927. The van der Waals surface area contributed by atoms with Gasteiger partial charge in [0.1, 0.15) is 16.6 Å². The van der Waals surface area contributed by atoms with Crippen molar-refractivity contribution in [3.8, 4) is 11.1 Å². The number of thioether (sulfide) groups is 1. The van der Waals surface area contributed by atoms with Crippen LogP contribution in [0.25, 0.3) is 11.1 Å². The summed E-state index contributed by atoms with van der Waals surface area (Å²) in [6.07, 6.45) is 0.707. The Kier molecular flexibility index (Phi) is 6.70. The van der Waals surface area contributed by atoms with Gasteiger partial charge in [0.15, 0.2) is 0 Å². The Labute approximate surface area is 186 Å². The van der Waals surface area contributed by atoms with E-state index in [0.29, 0.717) is 28.3 Å². The van der Waals surface area contributed by atoms with Gasteiger partial charge in [0.2, 0.25) is 12.3 Å². The molecular formula is C20H21BrN2O4S2. The SMILES string of the molecule is CCOC(=O)c1c(-c2ccc(Br)cc2)csc1NC(=O)C1CSC(C)(C)N1C=O. The van der Waals surface area contributed by atoms with Gasteiger partial charge in [0.05, 0.1) is 11.5 Å². The number of carbonyl (C=O) groups is 3. The number of hydrogen-bond donors (Lipinski definition) is 1. The van der Waals surface area contributed by atoms with Crippen molar-refractivity contribution in [2.75, 3.05) is 17.7 Å². The van der Waals surface area contributed by atoms with E-state index in [1.165, 1.54) is 16.2 Å². The molecule has 1 aliphatic rings. The van der Waals surface area contributed by atoms with Crippen molar-refractivity contribution < 1.29 is 19.1 Å². The Morgan fingerprint density at radius 1 is 1.34 bits per heavy atom. The molecule has 9 heteroatoms. The molecule has 0 radical (unpaired) electrons. The fourth-order valence-corrected chi connectivity index (χ4v) is 5.53. The van der Waals surface area contributed by atoms with Crippen LogP contribution in [0.15, 0.2) is 34.1 Å². The second-order valence-corrected chi connectivity index (χ2v) is 10.3. The fourth-order valence-electron chi connectivity index (χ4n) is 3.11. The van der Waals surface area contributed by atoms with Crippen molar-refractivity contribution in [3.05, 3.63) is 39.7 Å². The first kappa shape index (κ1) is 21.9. The molecule has 2 aromatic rings. The molecule has 2 amide bonds. The van der Waals surface area contributed by atoms with Gasteiger partial charge in [-0.15, -0.1) is 23.1 Å². The number of esters is 1. The van der Waals surface area contributed by atoms with E-state index in [1.54, 1.807) is 18.7 Å². The molecule has 1 aliphatic heterocycles. The number of nitrogens with one attached hydrogen (secondary N) is 1. The van der Waals surface area contributed by atoms with Crippen molar-refractivity contribution in [2.24, 2.45) is 0 Å². The number of rotatable bonds is 6. The van der Waals surface area contributed by atoms with Gasteiger partial charge in [0, 0.05) is 21.2 Å². The molecule has 0 saturated carbocycles. The highest BCUT2D eigenvalue weighted by atomic mass is 79.9. The van der Waals surface area contributed by atoms with E-state index in [-0.39, 0.29) is 12.5 Å². The highest BCUT2D eigenvalue weighted by molar-refractivity contribution is 9.10. The summed E-state index contributed by atoms with van der Waals surface area (Å²) in [5.74, 6) is -0.308. The van der Waals surface area contributed by atoms with Crippen molar-refractivity contribution >= 4 is 62.3 Å². The van der Waals surface area contributed by atoms with E-state index < -0.39 is 16.9 Å². The number of anilines is 1. The molecule has 29 heavy (non-hydrogen) atoms. The predicted octanol–water partition coefficient (Wildman–Crippen LogP) is 4.60. The number of carbonyl (C=O) groups excluding carboxylic acids is 3. The van der Waals surface area contributed by atoms with Gasteiger partial charge in [-0.05, 0) is 38.5 Å². The molecule has 1 fully saturated rings. The van der Waals surface area contributed by atoms with Crippen molar-refractivity contribution in [1.29, 1.82) is 0 Å². The van der Waals surface area contributed by atoms with Crippen molar-refractivity contribution in [1.82, 2.24) is 4.90 Å². The molecule has 154 valence electrons. The molecule has 1 N–H and O–H groups in total. The molecule has 0 aliphatic carbocycles. The largest absolute Gasteiger partial charge is 0.462 e. The maximum atomic E-state index is 12.9. The van der Waals surface area contributed by atoms with Crippen LogP contribution in [0.1, 0.15) is 31.1 Å². The van der Waals surface area contributed by atoms with Gasteiger partial charge in [-0.25, -0.2) is 4.79 Å². The Balaban J connectivity index is 1.93. The lowest BCUT2D eigenvalue weighted by atomic mass is 10.0. The molecule has 0 bridgehead atoms. The molecule has 3 rings (SSSR count). The first-order valence-corrected chi connectivity index (χ1v) is 11.7. The summed E-state index contributed by atoms with van der Waals surface area (Å²) >= 11 is 6.22. The van der Waals surface area contributed by atoms with Crippen LogP contribution in [0.4, 0.5) is 5.00 Å². The number of halogens is 1. The van der Waals surface area contributed by atoms with E-state index in [2.05, 4.69) is 21.2 Å². The van der Waals surface area contributed by atoms with Gasteiger partial charge in [-0.1, -0.05) is 28.1 Å². The van der Waals surface area contributed by atoms with Crippen LogP contribution in [0.2, 0.25) is 0 Å². The summed E-state index contributed by atoms with van der Waals surface area (Å²) in [6.45, 7) is 5.77. The van der Waals surface area contributed by atoms with Gasteiger partial charge < -0.3 is 15.0 Å². The summed E-state index contributed by atoms with van der Waals surface area (Å²) in [6, 6.07) is 6.97. The number of nitrogens with zero attached hydrogens (tertiary/aromatic N) is 1. The van der Waals surface area contributed by atoms with E-state index in [1.807, 2.05) is 43.5 Å². The summed E-state index contributed by atoms with van der Waals surface area (Å²) in [7, 11) is 0. The minimum atomic E-state index is -0.597. The standard InChI is InChI=1S/C20H21BrN2O4S2/c1-4-27-19(26)16-14(12-5-7-13(21)8-6-12)9-28-18(16)22-17(25)15-10-29-20(2,3)23(15)11-24/h5-9,11,15H,4,10H2,1-3H3,(H,22,25). The molecule has 1 atom stereocenters. The minimum Gasteiger partial charge on any atom is -0.462 e. The molecule has 1 aromatic heterocycles. The quantitative estimate of drug-likeness (QED) is 0.466. The van der Waals surface area contributed by atoms with Crippen molar-refractivity contribution in [2.45, 2.75) is 31.7 Å². The highest BCUT2D eigenvalue weighted by Gasteiger charge is 2.43. The third-order valence-electron chi connectivity index (χ3n) is 4.63. The lowest BCUT2D eigenvalue weighted by molar-refractivity contribution is -0.130. The van der Waals surface area contributed by atoms with Gasteiger partial charge in [-0.3, -0.25) is 9.59 Å². The molecule has 1 aromatic carbocycles. The molecule has 6 nitrogen and oxygen atoms in total. The van der Waals surface area contributed by atoms with Crippen LogP contribution >= 0.6 is 39.0 Å². The molecular weight excluding hydrogens is 476 g/mol. The molecule has 2 heterocycles. The van der Waals surface area contributed by atoms with Gasteiger partial charge >= 0.3 is 5.97 Å². The second-order valence-electron chi connectivity index (χ2n) is 6.86. The first-order chi connectivity index (χ1) is 13.8. The lowest BCUT2D eigenvalue weighted by Crippen LogP contribution is -2.47. The Morgan fingerprint density at radius 3 is 2.66 bits per heavy atom. The molecule has 1 unspecified atom stereocenters. The number of thiophene rings is 1. The third kappa shape index (κ3) is 4.51. The monoisotopic (exact) mass is 496 g/mol. The van der Waals surface area contributed by atoms with Crippen LogP contribution in [-0.4, -0.2) is 46.5 Å². The topological polar surface area (TPSA) is 75.7 Å². The van der Waals surface area contributed by atoms with E-state index >= 15 is 0 Å². The number of hydrogen-bond acceptors (Lipinski definition) is 6.